The summed E-state index contributed by atoms with van der Waals surface area (Å²) in [7, 11) is 0. The van der Waals surface area contributed by atoms with Crippen molar-refractivity contribution in [3.05, 3.63) is 101 Å². The Morgan fingerprint density at radius 3 is 2.10 bits per heavy atom. The molecule has 0 radical (unpaired) electrons. The van der Waals surface area contributed by atoms with Crippen LogP contribution in [-0.2, 0) is 10.2 Å². The van der Waals surface area contributed by atoms with E-state index in [2.05, 4.69) is 5.32 Å². The summed E-state index contributed by atoms with van der Waals surface area (Å²) in [5.41, 5.74) is 0.00200. The van der Waals surface area contributed by atoms with Crippen molar-refractivity contribution in [2.45, 2.75) is 5.41 Å². The van der Waals surface area contributed by atoms with Crippen LogP contribution in [0.5, 0.6) is 0 Å². The standard InChI is InChI=1S/C23H16ClNO4/c24-16-9-6-10-17(13-16)25-22(28)29-14-23(15-7-2-1-3-8-15)20(26)18-11-4-5-12-19(18)21(23)27/h1-13H,14H2,(H,25,28). The summed E-state index contributed by atoms with van der Waals surface area (Å²) in [6.45, 7) is -0.407. The van der Waals surface area contributed by atoms with Gasteiger partial charge in [-0.2, -0.15) is 0 Å². The monoisotopic (exact) mass is 405 g/mol. The SMILES string of the molecule is O=C(Nc1cccc(Cl)c1)OCC1(c2ccccc2)C(=O)c2ccccc2C1=O. The highest BCUT2D eigenvalue weighted by Gasteiger charge is 2.55. The third-order valence-electron chi connectivity index (χ3n) is 4.95. The molecular formula is C23H16ClNO4. The van der Waals surface area contributed by atoms with Crippen LogP contribution >= 0.6 is 11.6 Å². The molecule has 29 heavy (non-hydrogen) atoms. The molecule has 144 valence electrons. The minimum Gasteiger partial charge on any atom is -0.447 e. The molecule has 1 amide bonds. The zero-order chi connectivity index (χ0) is 20.4. The number of hydrogen-bond donors (Lipinski definition) is 1. The summed E-state index contributed by atoms with van der Waals surface area (Å²) in [6, 6.07) is 21.9. The second-order valence-electron chi connectivity index (χ2n) is 6.69. The molecular weight excluding hydrogens is 390 g/mol. The molecule has 0 spiro atoms. The Morgan fingerprint density at radius 1 is 0.862 bits per heavy atom. The average molecular weight is 406 g/mol. The Labute approximate surface area is 172 Å². The fraction of sp³-hybridized carbons (Fsp3) is 0.0870. The van der Waals surface area contributed by atoms with Gasteiger partial charge in [0, 0.05) is 21.8 Å². The fourth-order valence-electron chi connectivity index (χ4n) is 3.54. The normalized spacial score (nSPS) is 14.4. The van der Waals surface area contributed by atoms with E-state index >= 15 is 0 Å². The van der Waals surface area contributed by atoms with Crippen molar-refractivity contribution in [2.24, 2.45) is 0 Å². The number of halogens is 1. The van der Waals surface area contributed by atoms with Crippen molar-refractivity contribution in [1.82, 2.24) is 0 Å². The Balaban J connectivity index is 1.64. The molecule has 0 unspecified atom stereocenters. The van der Waals surface area contributed by atoms with Crippen LogP contribution in [0.2, 0.25) is 5.02 Å². The molecule has 4 rings (SSSR count). The molecule has 0 aliphatic heterocycles. The summed E-state index contributed by atoms with van der Waals surface area (Å²) in [4.78, 5) is 38.9. The molecule has 0 aromatic heterocycles. The highest BCUT2D eigenvalue weighted by Crippen LogP contribution is 2.40. The van der Waals surface area contributed by atoms with Gasteiger partial charge in [-0.15, -0.1) is 0 Å². The van der Waals surface area contributed by atoms with Gasteiger partial charge in [-0.1, -0.05) is 72.3 Å². The highest BCUT2D eigenvalue weighted by atomic mass is 35.5. The van der Waals surface area contributed by atoms with Gasteiger partial charge >= 0.3 is 6.09 Å². The van der Waals surface area contributed by atoms with E-state index in [0.29, 0.717) is 27.4 Å². The van der Waals surface area contributed by atoms with Crippen LogP contribution in [0.3, 0.4) is 0 Å². The summed E-state index contributed by atoms with van der Waals surface area (Å²) in [6.07, 6.45) is -0.779. The third kappa shape index (κ3) is 3.30. The van der Waals surface area contributed by atoms with Gasteiger partial charge in [-0.3, -0.25) is 14.9 Å². The van der Waals surface area contributed by atoms with E-state index in [-0.39, 0.29) is 11.6 Å². The molecule has 5 nitrogen and oxygen atoms in total. The molecule has 0 heterocycles. The van der Waals surface area contributed by atoms with E-state index in [1.54, 1.807) is 78.9 Å². The smallest absolute Gasteiger partial charge is 0.411 e. The molecule has 0 saturated carbocycles. The van der Waals surface area contributed by atoms with E-state index in [0.717, 1.165) is 0 Å². The number of ketones is 2. The second-order valence-corrected chi connectivity index (χ2v) is 7.12. The molecule has 1 aliphatic carbocycles. The number of rotatable bonds is 4. The quantitative estimate of drug-likeness (QED) is 0.626. The molecule has 0 fully saturated rings. The molecule has 1 N–H and O–H groups in total. The number of carbonyl (C=O) groups excluding carboxylic acids is 3. The summed E-state index contributed by atoms with van der Waals surface area (Å²) < 4.78 is 5.36. The van der Waals surface area contributed by atoms with Gasteiger partial charge in [-0.25, -0.2) is 4.79 Å². The molecule has 0 bridgehead atoms. The number of benzene rings is 3. The van der Waals surface area contributed by atoms with Crippen molar-refractivity contribution >= 4 is 34.9 Å². The Morgan fingerprint density at radius 2 is 1.48 bits per heavy atom. The molecule has 1 aliphatic rings. The van der Waals surface area contributed by atoms with Crippen molar-refractivity contribution in [2.75, 3.05) is 11.9 Å². The van der Waals surface area contributed by atoms with Crippen LogP contribution in [0.4, 0.5) is 10.5 Å². The van der Waals surface area contributed by atoms with E-state index < -0.39 is 18.1 Å². The van der Waals surface area contributed by atoms with Gasteiger partial charge in [0.2, 0.25) is 0 Å². The second kappa shape index (κ2) is 7.53. The van der Waals surface area contributed by atoms with Crippen molar-refractivity contribution in [3.63, 3.8) is 0 Å². The molecule has 3 aromatic rings. The van der Waals surface area contributed by atoms with E-state index in [9.17, 15) is 14.4 Å². The van der Waals surface area contributed by atoms with Crippen LogP contribution < -0.4 is 5.32 Å². The zero-order valence-corrected chi connectivity index (χ0v) is 16.0. The molecule has 6 heteroatoms. The minimum atomic E-state index is -1.60. The first-order chi connectivity index (χ1) is 14.0. The largest absolute Gasteiger partial charge is 0.447 e. The van der Waals surface area contributed by atoms with E-state index in [1.807, 2.05) is 0 Å². The number of nitrogens with one attached hydrogen (secondary N) is 1. The summed E-state index contributed by atoms with van der Waals surface area (Å²) >= 11 is 5.92. The Hall–Kier alpha value is -3.44. The number of amides is 1. The third-order valence-corrected chi connectivity index (χ3v) is 5.18. The maximum absolute atomic E-state index is 13.3. The van der Waals surface area contributed by atoms with Crippen LogP contribution in [0, 0.1) is 0 Å². The van der Waals surface area contributed by atoms with E-state index in [4.69, 9.17) is 16.3 Å². The van der Waals surface area contributed by atoms with Crippen molar-refractivity contribution < 1.29 is 19.1 Å². The number of carbonyl (C=O) groups is 3. The minimum absolute atomic E-state index is 0.334. The first-order valence-corrected chi connectivity index (χ1v) is 9.34. The number of anilines is 1. The number of ether oxygens (including phenoxy) is 1. The first kappa shape index (κ1) is 18.9. The average Bonchev–Trinajstić information content (AvgIpc) is 2.95. The van der Waals surface area contributed by atoms with Gasteiger partial charge in [0.05, 0.1) is 0 Å². The number of Topliss-reactive ketones (excluding diaryl/α,β-unsaturated/α-hetero) is 2. The van der Waals surface area contributed by atoms with Gasteiger partial charge in [0.15, 0.2) is 17.0 Å². The van der Waals surface area contributed by atoms with Crippen LogP contribution in [0.1, 0.15) is 26.3 Å². The molecule has 3 aromatic carbocycles. The van der Waals surface area contributed by atoms with Crippen LogP contribution in [0.25, 0.3) is 0 Å². The van der Waals surface area contributed by atoms with Crippen molar-refractivity contribution in [3.8, 4) is 0 Å². The summed E-state index contributed by atoms with van der Waals surface area (Å²) in [5, 5.41) is 3.02. The van der Waals surface area contributed by atoms with Gasteiger partial charge in [-0.05, 0) is 23.8 Å². The van der Waals surface area contributed by atoms with Gasteiger partial charge in [0.1, 0.15) is 6.61 Å². The van der Waals surface area contributed by atoms with Crippen LogP contribution in [0.15, 0.2) is 78.9 Å². The zero-order valence-electron chi connectivity index (χ0n) is 15.2. The Kier molecular flexibility index (Phi) is 4.91. The molecule has 0 saturated heterocycles. The van der Waals surface area contributed by atoms with E-state index in [1.165, 1.54) is 0 Å². The van der Waals surface area contributed by atoms with Crippen molar-refractivity contribution in [1.29, 1.82) is 0 Å². The topological polar surface area (TPSA) is 72.5 Å². The van der Waals surface area contributed by atoms with Gasteiger partial charge < -0.3 is 4.74 Å². The molecule has 0 atom stereocenters. The summed E-state index contributed by atoms with van der Waals surface area (Å²) in [5.74, 6) is -0.750. The lowest BCUT2D eigenvalue weighted by atomic mass is 9.76. The Bertz CT molecular complexity index is 1080. The lowest BCUT2D eigenvalue weighted by Crippen LogP contribution is -2.44. The maximum Gasteiger partial charge on any atom is 0.411 e. The maximum atomic E-state index is 13.3. The van der Waals surface area contributed by atoms with Gasteiger partial charge in [0.25, 0.3) is 0 Å². The highest BCUT2D eigenvalue weighted by molar-refractivity contribution is 6.33. The lowest BCUT2D eigenvalue weighted by molar-refractivity contribution is 0.0682. The lowest BCUT2D eigenvalue weighted by Gasteiger charge is -2.26. The predicted octanol–water partition coefficient (Wildman–Crippen LogP) is 4.91. The predicted molar refractivity (Wildman–Crippen MR) is 110 cm³/mol. The number of fused-ring (bicyclic) bond motifs is 1. The van der Waals surface area contributed by atoms with Crippen LogP contribution in [-0.4, -0.2) is 24.3 Å². The number of hydrogen-bond acceptors (Lipinski definition) is 4. The fourth-order valence-corrected chi connectivity index (χ4v) is 3.73. The first-order valence-electron chi connectivity index (χ1n) is 8.96.